The molecule has 1 aromatic heterocycles. The van der Waals surface area contributed by atoms with Crippen LogP contribution >= 0.6 is 0 Å². The van der Waals surface area contributed by atoms with Crippen molar-refractivity contribution in [1.82, 2.24) is 15.2 Å². The first-order valence-corrected chi connectivity index (χ1v) is 8.85. The van der Waals surface area contributed by atoms with E-state index in [9.17, 15) is 9.59 Å². The van der Waals surface area contributed by atoms with E-state index in [0.29, 0.717) is 17.0 Å². The Labute approximate surface area is 162 Å². The van der Waals surface area contributed by atoms with E-state index in [2.05, 4.69) is 15.6 Å². The molecule has 3 rings (SSSR count). The minimum absolute atomic E-state index is 0.165. The van der Waals surface area contributed by atoms with Gasteiger partial charge in [-0.1, -0.05) is 30.3 Å². The van der Waals surface area contributed by atoms with E-state index in [1.807, 2.05) is 62.4 Å². The maximum absolute atomic E-state index is 12.5. The number of hydrogen-bond donors (Lipinski definition) is 2. The molecule has 0 saturated heterocycles. The van der Waals surface area contributed by atoms with Crippen molar-refractivity contribution in [1.29, 1.82) is 0 Å². The molecule has 28 heavy (non-hydrogen) atoms. The Morgan fingerprint density at radius 3 is 2.64 bits per heavy atom. The first-order chi connectivity index (χ1) is 13.5. The summed E-state index contributed by atoms with van der Waals surface area (Å²) >= 11 is 0. The number of amides is 1. The maximum atomic E-state index is 12.5. The number of aryl methyl sites for hydroxylation is 2. The van der Waals surface area contributed by atoms with Gasteiger partial charge >= 0.3 is 0 Å². The number of carbonyl (C=O) groups excluding carboxylic acids is 1. The van der Waals surface area contributed by atoms with Crippen LogP contribution in [0.3, 0.4) is 0 Å². The number of aromatic nitrogens is 2. The summed E-state index contributed by atoms with van der Waals surface area (Å²) in [6.07, 6.45) is 1.34. The van der Waals surface area contributed by atoms with Crippen LogP contribution in [-0.2, 0) is 4.79 Å². The van der Waals surface area contributed by atoms with E-state index in [-0.39, 0.29) is 12.2 Å². The topological polar surface area (TPSA) is 88.5 Å². The number of ether oxygens (including phenoxy) is 1. The third kappa shape index (κ3) is 4.20. The molecule has 0 aliphatic rings. The largest absolute Gasteiger partial charge is 0.483 e. The first kappa shape index (κ1) is 19.2. The summed E-state index contributed by atoms with van der Waals surface area (Å²) in [5.41, 5.74) is 5.97. The summed E-state index contributed by atoms with van der Waals surface area (Å²) in [5, 5.41) is 6.89. The summed E-state index contributed by atoms with van der Waals surface area (Å²) in [7, 11) is 0. The summed E-state index contributed by atoms with van der Waals surface area (Å²) < 4.78 is 6.97. The van der Waals surface area contributed by atoms with Crippen LogP contribution in [0.15, 0.2) is 58.4 Å². The van der Waals surface area contributed by atoms with Gasteiger partial charge in [0, 0.05) is 5.69 Å². The standard InChI is InChI=1S/C21H22N4O3/c1-14-8-7-11-19(15(14)2)28-13-20(26)23-22-12-18-16(3)24-25(21(18)27)17-9-5-4-6-10-17/h4-12,24H,13H2,1-3H3,(H,23,26)/b22-12+. The van der Waals surface area contributed by atoms with E-state index < -0.39 is 5.91 Å². The Morgan fingerprint density at radius 1 is 1.14 bits per heavy atom. The molecule has 2 N–H and O–H groups in total. The third-order valence-electron chi connectivity index (χ3n) is 4.43. The smallest absolute Gasteiger partial charge is 0.280 e. The fourth-order valence-corrected chi connectivity index (χ4v) is 2.70. The lowest BCUT2D eigenvalue weighted by Gasteiger charge is -2.09. The van der Waals surface area contributed by atoms with Crippen LogP contribution in [-0.4, -0.2) is 28.5 Å². The highest BCUT2D eigenvalue weighted by molar-refractivity contribution is 5.83. The van der Waals surface area contributed by atoms with Crippen LogP contribution < -0.4 is 15.7 Å². The maximum Gasteiger partial charge on any atom is 0.280 e. The van der Waals surface area contributed by atoms with Crippen molar-refractivity contribution in [2.45, 2.75) is 20.8 Å². The second kappa shape index (κ2) is 8.39. The van der Waals surface area contributed by atoms with Gasteiger partial charge in [0.05, 0.1) is 17.5 Å². The minimum Gasteiger partial charge on any atom is -0.483 e. The van der Waals surface area contributed by atoms with Crippen LogP contribution in [0.5, 0.6) is 5.75 Å². The molecule has 0 saturated carbocycles. The van der Waals surface area contributed by atoms with Gasteiger partial charge in [0.2, 0.25) is 0 Å². The highest BCUT2D eigenvalue weighted by atomic mass is 16.5. The molecule has 0 bridgehead atoms. The molecule has 0 spiro atoms. The highest BCUT2D eigenvalue weighted by Crippen LogP contribution is 2.20. The fourth-order valence-electron chi connectivity index (χ4n) is 2.70. The lowest BCUT2D eigenvalue weighted by Crippen LogP contribution is -2.25. The highest BCUT2D eigenvalue weighted by Gasteiger charge is 2.11. The van der Waals surface area contributed by atoms with E-state index in [1.165, 1.54) is 10.9 Å². The van der Waals surface area contributed by atoms with Crippen LogP contribution in [0.25, 0.3) is 5.69 Å². The third-order valence-corrected chi connectivity index (χ3v) is 4.43. The fraction of sp³-hybridized carbons (Fsp3) is 0.190. The van der Waals surface area contributed by atoms with Gasteiger partial charge < -0.3 is 4.74 Å². The molecule has 0 fully saturated rings. The average molecular weight is 378 g/mol. The molecule has 7 heteroatoms. The molecule has 1 amide bonds. The Kier molecular flexibility index (Phi) is 5.74. The van der Waals surface area contributed by atoms with E-state index in [4.69, 9.17) is 4.74 Å². The van der Waals surface area contributed by atoms with Crippen LogP contribution in [0.1, 0.15) is 22.4 Å². The van der Waals surface area contributed by atoms with Crippen molar-refractivity contribution in [2.75, 3.05) is 6.61 Å². The van der Waals surface area contributed by atoms with Gasteiger partial charge in [-0.25, -0.2) is 10.1 Å². The van der Waals surface area contributed by atoms with Gasteiger partial charge in [-0.05, 0) is 50.1 Å². The number of nitrogens with one attached hydrogen (secondary N) is 2. The molecule has 0 unspecified atom stereocenters. The van der Waals surface area contributed by atoms with Gasteiger partial charge in [0.1, 0.15) is 5.75 Å². The number of nitrogens with zero attached hydrogens (tertiary/aromatic N) is 2. The average Bonchev–Trinajstić information content (AvgIpc) is 2.98. The first-order valence-electron chi connectivity index (χ1n) is 8.85. The zero-order valence-electron chi connectivity index (χ0n) is 16.0. The second-order valence-electron chi connectivity index (χ2n) is 6.41. The molecule has 2 aromatic carbocycles. The van der Waals surface area contributed by atoms with Gasteiger partial charge in [-0.3, -0.25) is 14.7 Å². The molecular weight excluding hydrogens is 356 g/mol. The molecule has 3 aromatic rings. The van der Waals surface area contributed by atoms with Gasteiger partial charge in [0.15, 0.2) is 6.61 Å². The van der Waals surface area contributed by atoms with Crippen molar-refractivity contribution in [3.63, 3.8) is 0 Å². The zero-order valence-corrected chi connectivity index (χ0v) is 16.0. The Balaban J connectivity index is 1.63. The molecule has 7 nitrogen and oxygen atoms in total. The van der Waals surface area contributed by atoms with Crippen molar-refractivity contribution < 1.29 is 9.53 Å². The van der Waals surface area contributed by atoms with Crippen LogP contribution in [0.2, 0.25) is 0 Å². The molecule has 0 atom stereocenters. The van der Waals surface area contributed by atoms with Crippen molar-refractivity contribution >= 4 is 12.1 Å². The molecule has 1 heterocycles. The monoisotopic (exact) mass is 378 g/mol. The number of benzene rings is 2. The summed E-state index contributed by atoms with van der Waals surface area (Å²) in [6, 6.07) is 14.9. The predicted octanol–water partition coefficient (Wildman–Crippen LogP) is 2.62. The van der Waals surface area contributed by atoms with E-state index in [0.717, 1.165) is 16.8 Å². The minimum atomic E-state index is -0.409. The van der Waals surface area contributed by atoms with Crippen molar-refractivity contribution in [3.05, 3.63) is 81.3 Å². The SMILES string of the molecule is Cc1cccc(OCC(=O)N/N=C/c2c(C)[nH]n(-c3ccccc3)c2=O)c1C. The number of hydrogen-bond acceptors (Lipinski definition) is 4. The van der Waals surface area contributed by atoms with E-state index in [1.54, 1.807) is 6.92 Å². The molecule has 0 aliphatic heterocycles. The summed E-state index contributed by atoms with van der Waals surface area (Å²) in [5.74, 6) is 0.250. The molecular formula is C21H22N4O3. The normalized spacial score (nSPS) is 11.0. The van der Waals surface area contributed by atoms with Gasteiger partial charge in [-0.15, -0.1) is 0 Å². The number of aromatic amines is 1. The lowest BCUT2D eigenvalue weighted by molar-refractivity contribution is -0.123. The second-order valence-corrected chi connectivity index (χ2v) is 6.41. The Bertz CT molecular complexity index is 1060. The Morgan fingerprint density at radius 2 is 1.89 bits per heavy atom. The quantitative estimate of drug-likeness (QED) is 0.510. The number of H-pyrrole nitrogens is 1. The van der Waals surface area contributed by atoms with Crippen molar-refractivity contribution in [2.24, 2.45) is 5.10 Å². The molecule has 0 aliphatic carbocycles. The predicted molar refractivity (Wildman–Crippen MR) is 108 cm³/mol. The molecule has 144 valence electrons. The molecule has 0 radical (unpaired) electrons. The van der Waals surface area contributed by atoms with Crippen molar-refractivity contribution in [3.8, 4) is 11.4 Å². The summed E-state index contributed by atoms with van der Waals surface area (Å²) in [4.78, 5) is 24.5. The van der Waals surface area contributed by atoms with Gasteiger partial charge in [0.25, 0.3) is 11.5 Å². The number of para-hydroxylation sites is 1. The lowest BCUT2D eigenvalue weighted by atomic mass is 10.1. The van der Waals surface area contributed by atoms with E-state index >= 15 is 0 Å². The van der Waals surface area contributed by atoms with Crippen LogP contribution in [0.4, 0.5) is 0 Å². The number of rotatable bonds is 6. The van der Waals surface area contributed by atoms with Gasteiger partial charge in [-0.2, -0.15) is 5.10 Å². The Hall–Kier alpha value is -3.61. The number of hydrazone groups is 1. The van der Waals surface area contributed by atoms with Crippen LogP contribution in [0, 0.1) is 20.8 Å². The number of carbonyl (C=O) groups is 1. The summed E-state index contributed by atoms with van der Waals surface area (Å²) in [6.45, 7) is 5.52. The zero-order chi connectivity index (χ0) is 20.1.